The van der Waals surface area contributed by atoms with E-state index in [1.807, 2.05) is 48.9 Å². The van der Waals surface area contributed by atoms with E-state index in [-0.39, 0.29) is 6.61 Å². The largest absolute Gasteiger partial charge is 0.392 e. The van der Waals surface area contributed by atoms with E-state index in [9.17, 15) is 5.11 Å². The summed E-state index contributed by atoms with van der Waals surface area (Å²) in [6.45, 7) is 0.855. The van der Waals surface area contributed by atoms with Gasteiger partial charge in [-0.25, -0.2) is 4.98 Å². The lowest BCUT2D eigenvalue weighted by Gasteiger charge is -2.09. The van der Waals surface area contributed by atoms with Crippen LogP contribution in [-0.2, 0) is 13.0 Å². The van der Waals surface area contributed by atoms with Gasteiger partial charge in [0.2, 0.25) is 0 Å². The molecule has 3 heterocycles. The number of aliphatic hydroxyl groups excluding tert-OH is 1. The second-order valence-electron chi connectivity index (χ2n) is 6.14. The summed E-state index contributed by atoms with van der Waals surface area (Å²) in [6.07, 6.45) is 8.35. The number of hydrogen-bond donors (Lipinski definition) is 2. The van der Waals surface area contributed by atoms with Gasteiger partial charge in [0.05, 0.1) is 17.8 Å². The van der Waals surface area contributed by atoms with Crippen LogP contribution in [0.2, 0.25) is 0 Å². The first-order chi connectivity index (χ1) is 12.8. The molecule has 0 saturated carbocycles. The predicted octanol–water partition coefficient (Wildman–Crippen LogP) is 3.54. The first kappa shape index (κ1) is 16.3. The monoisotopic (exact) mass is 344 g/mol. The molecule has 0 fully saturated rings. The molecule has 4 aromatic rings. The number of pyridine rings is 1. The van der Waals surface area contributed by atoms with Gasteiger partial charge in [-0.15, -0.1) is 0 Å². The van der Waals surface area contributed by atoms with Crippen molar-refractivity contribution in [3.8, 4) is 11.3 Å². The van der Waals surface area contributed by atoms with Crippen molar-refractivity contribution in [2.24, 2.45) is 0 Å². The Balaban J connectivity index is 1.56. The molecule has 4 rings (SSSR count). The fraction of sp³-hybridized carbons (Fsp3) is 0.143. The zero-order chi connectivity index (χ0) is 17.8. The number of rotatable bonds is 6. The lowest BCUT2D eigenvalue weighted by molar-refractivity contribution is 0.282. The van der Waals surface area contributed by atoms with Crippen LogP contribution in [0.15, 0.2) is 73.3 Å². The molecule has 0 amide bonds. The van der Waals surface area contributed by atoms with Gasteiger partial charge in [-0.2, -0.15) is 0 Å². The fourth-order valence-electron chi connectivity index (χ4n) is 3.07. The lowest BCUT2D eigenvalue weighted by atomic mass is 10.1. The third-order valence-electron chi connectivity index (χ3n) is 4.44. The minimum Gasteiger partial charge on any atom is -0.392 e. The van der Waals surface area contributed by atoms with Crippen LogP contribution in [-0.4, -0.2) is 26.0 Å². The molecule has 1 aromatic carbocycles. The van der Waals surface area contributed by atoms with Crippen LogP contribution in [0.3, 0.4) is 0 Å². The molecule has 0 aliphatic heterocycles. The van der Waals surface area contributed by atoms with Gasteiger partial charge in [-0.1, -0.05) is 30.3 Å². The number of hydrogen-bond acceptors (Lipinski definition) is 4. The Morgan fingerprint density at radius 3 is 2.62 bits per heavy atom. The molecule has 0 bridgehead atoms. The van der Waals surface area contributed by atoms with E-state index in [0.29, 0.717) is 0 Å². The smallest absolute Gasteiger partial charge is 0.150 e. The van der Waals surface area contributed by atoms with Crippen molar-refractivity contribution in [3.63, 3.8) is 0 Å². The predicted molar refractivity (Wildman–Crippen MR) is 103 cm³/mol. The summed E-state index contributed by atoms with van der Waals surface area (Å²) < 4.78 is 2.13. The summed E-state index contributed by atoms with van der Waals surface area (Å²) in [4.78, 5) is 8.64. The van der Waals surface area contributed by atoms with E-state index in [1.165, 1.54) is 5.56 Å². The Morgan fingerprint density at radius 1 is 0.962 bits per heavy atom. The minimum atomic E-state index is 0.0596. The molecule has 0 unspecified atom stereocenters. The molecular formula is C21H20N4O. The van der Waals surface area contributed by atoms with E-state index < -0.39 is 0 Å². The number of benzene rings is 1. The number of aliphatic hydroxyl groups is 1. The molecule has 0 aliphatic carbocycles. The molecule has 0 spiro atoms. The Labute approximate surface area is 152 Å². The van der Waals surface area contributed by atoms with Crippen LogP contribution in [0.25, 0.3) is 16.8 Å². The van der Waals surface area contributed by atoms with Crippen LogP contribution in [0.1, 0.15) is 11.1 Å². The molecule has 5 heteroatoms. The van der Waals surface area contributed by atoms with E-state index in [4.69, 9.17) is 0 Å². The SMILES string of the molecule is OCc1ccc(-c2ccc3c(NCCc4cccnc4)nccn23)cc1. The third-order valence-corrected chi connectivity index (χ3v) is 4.44. The van der Waals surface area contributed by atoms with Crippen molar-refractivity contribution < 1.29 is 5.11 Å². The van der Waals surface area contributed by atoms with Crippen molar-refractivity contribution in [3.05, 3.63) is 84.4 Å². The van der Waals surface area contributed by atoms with Crippen molar-refractivity contribution >= 4 is 11.3 Å². The molecule has 0 atom stereocenters. The molecule has 0 saturated heterocycles. The van der Waals surface area contributed by atoms with Gasteiger partial charge in [0, 0.05) is 31.3 Å². The van der Waals surface area contributed by atoms with Crippen LogP contribution in [0.4, 0.5) is 5.82 Å². The molecule has 26 heavy (non-hydrogen) atoms. The zero-order valence-corrected chi connectivity index (χ0v) is 14.3. The highest BCUT2D eigenvalue weighted by Crippen LogP contribution is 2.26. The first-order valence-corrected chi connectivity index (χ1v) is 8.64. The van der Waals surface area contributed by atoms with Crippen molar-refractivity contribution in [1.82, 2.24) is 14.4 Å². The van der Waals surface area contributed by atoms with Gasteiger partial charge in [-0.3, -0.25) is 4.98 Å². The molecule has 0 radical (unpaired) electrons. The average Bonchev–Trinajstić information content (AvgIpc) is 3.14. The Morgan fingerprint density at radius 2 is 1.85 bits per heavy atom. The normalized spacial score (nSPS) is 11.0. The highest BCUT2D eigenvalue weighted by atomic mass is 16.3. The topological polar surface area (TPSA) is 62.5 Å². The Bertz CT molecular complexity index is 994. The van der Waals surface area contributed by atoms with Crippen LogP contribution >= 0.6 is 0 Å². The van der Waals surface area contributed by atoms with Gasteiger partial charge < -0.3 is 14.8 Å². The maximum Gasteiger partial charge on any atom is 0.150 e. The minimum absolute atomic E-state index is 0.0596. The number of anilines is 1. The lowest BCUT2D eigenvalue weighted by Crippen LogP contribution is -2.07. The molecular weight excluding hydrogens is 324 g/mol. The highest BCUT2D eigenvalue weighted by molar-refractivity contribution is 5.75. The molecule has 5 nitrogen and oxygen atoms in total. The standard InChI is InChI=1S/C21H20N4O/c26-15-17-3-5-18(6-4-17)19-7-8-20-21(24-12-13-25(19)20)23-11-9-16-2-1-10-22-14-16/h1-8,10,12-14,26H,9,11,15H2,(H,23,24). The molecule has 130 valence electrons. The Hall–Kier alpha value is -3.18. The summed E-state index contributed by atoms with van der Waals surface area (Å²) in [6, 6.07) is 16.2. The zero-order valence-electron chi connectivity index (χ0n) is 14.3. The summed E-state index contributed by atoms with van der Waals surface area (Å²) in [7, 11) is 0. The first-order valence-electron chi connectivity index (χ1n) is 8.64. The maximum absolute atomic E-state index is 9.21. The number of aromatic nitrogens is 3. The highest BCUT2D eigenvalue weighted by Gasteiger charge is 2.08. The van der Waals surface area contributed by atoms with Crippen LogP contribution in [0, 0.1) is 0 Å². The van der Waals surface area contributed by atoms with E-state index >= 15 is 0 Å². The fourth-order valence-corrected chi connectivity index (χ4v) is 3.07. The molecule has 3 aromatic heterocycles. The summed E-state index contributed by atoms with van der Waals surface area (Å²) >= 11 is 0. The molecule has 2 N–H and O–H groups in total. The van der Waals surface area contributed by atoms with E-state index in [0.717, 1.165) is 41.1 Å². The van der Waals surface area contributed by atoms with Crippen molar-refractivity contribution in [2.45, 2.75) is 13.0 Å². The van der Waals surface area contributed by atoms with Gasteiger partial charge in [-0.05, 0) is 41.3 Å². The van der Waals surface area contributed by atoms with Gasteiger partial charge >= 0.3 is 0 Å². The quantitative estimate of drug-likeness (QED) is 0.562. The van der Waals surface area contributed by atoms with Crippen LogP contribution < -0.4 is 5.32 Å². The summed E-state index contributed by atoms with van der Waals surface area (Å²) in [5.41, 5.74) is 5.36. The maximum atomic E-state index is 9.21. The second kappa shape index (κ2) is 7.37. The summed E-state index contributed by atoms with van der Waals surface area (Å²) in [5.74, 6) is 0.870. The van der Waals surface area contributed by atoms with Gasteiger partial charge in [0.15, 0.2) is 0 Å². The summed E-state index contributed by atoms with van der Waals surface area (Å²) in [5, 5.41) is 12.6. The Kier molecular flexibility index (Phi) is 4.62. The van der Waals surface area contributed by atoms with Crippen molar-refractivity contribution in [2.75, 3.05) is 11.9 Å². The van der Waals surface area contributed by atoms with E-state index in [1.54, 1.807) is 6.20 Å². The number of nitrogens with one attached hydrogen (secondary N) is 1. The number of fused-ring (bicyclic) bond motifs is 1. The average molecular weight is 344 g/mol. The number of nitrogens with zero attached hydrogens (tertiary/aromatic N) is 3. The van der Waals surface area contributed by atoms with Gasteiger partial charge in [0.25, 0.3) is 0 Å². The van der Waals surface area contributed by atoms with Crippen LogP contribution in [0.5, 0.6) is 0 Å². The van der Waals surface area contributed by atoms with Crippen molar-refractivity contribution in [1.29, 1.82) is 0 Å². The van der Waals surface area contributed by atoms with Gasteiger partial charge in [0.1, 0.15) is 5.82 Å². The molecule has 0 aliphatic rings. The van der Waals surface area contributed by atoms with E-state index in [2.05, 4.69) is 37.9 Å². The second-order valence-corrected chi connectivity index (χ2v) is 6.14. The third kappa shape index (κ3) is 3.30.